The SMILES string of the molecule is CCC(CO)NS(=O)(=O)c1ccc(OCCC(=O)O)cc1. The molecule has 0 aromatic heterocycles. The number of benzene rings is 1. The lowest BCUT2D eigenvalue weighted by Crippen LogP contribution is -2.36. The zero-order valence-corrected chi connectivity index (χ0v) is 12.5. The van der Waals surface area contributed by atoms with E-state index in [1.54, 1.807) is 6.92 Å². The lowest BCUT2D eigenvalue weighted by atomic mass is 10.3. The summed E-state index contributed by atoms with van der Waals surface area (Å²) in [4.78, 5) is 10.4. The van der Waals surface area contributed by atoms with E-state index in [-0.39, 0.29) is 24.5 Å². The van der Waals surface area contributed by atoms with Crippen LogP contribution in [-0.4, -0.2) is 43.9 Å². The lowest BCUT2D eigenvalue weighted by molar-refractivity contribution is -0.137. The molecule has 0 bridgehead atoms. The van der Waals surface area contributed by atoms with Crippen LogP contribution in [0, 0.1) is 0 Å². The molecule has 0 saturated heterocycles. The maximum atomic E-state index is 12.0. The van der Waals surface area contributed by atoms with E-state index >= 15 is 0 Å². The molecule has 0 aliphatic carbocycles. The number of aliphatic hydroxyl groups is 1. The van der Waals surface area contributed by atoms with Gasteiger partial charge < -0.3 is 14.9 Å². The molecule has 1 aromatic rings. The number of carboxylic acid groups (broad SMARTS) is 1. The summed E-state index contributed by atoms with van der Waals surface area (Å²) in [5.41, 5.74) is 0. The summed E-state index contributed by atoms with van der Waals surface area (Å²) in [5, 5.41) is 17.5. The van der Waals surface area contributed by atoms with Crippen molar-refractivity contribution in [2.75, 3.05) is 13.2 Å². The highest BCUT2D eigenvalue weighted by Crippen LogP contribution is 2.16. The fourth-order valence-electron chi connectivity index (χ4n) is 1.51. The first-order chi connectivity index (χ1) is 9.89. The predicted molar refractivity (Wildman–Crippen MR) is 75.7 cm³/mol. The van der Waals surface area contributed by atoms with Crippen LogP contribution in [0.15, 0.2) is 29.2 Å². The van der Waals surface area contributed by atoms with Crippen LogP contribution >= 0.6 is 0 Å². The monoisotopic (exact) mass is 317 g/mol. The first-order valence-electron chi connectivity index (χ1n) is 6.47. The minimum Gasteiger partial charge on any atom is -0.493 e. The van der Waals surface area contributed by atoms with Crippen molar-refractivity contribution in [3.05, 3.63) is 24.3 Å². The van der Waals surface area contributed by atoms with Crippen LogP contribution in [0.3, 0.4) is 0 Å². The number of ether oxygens (including phenoxy) is 1. The molecule has 0 aliphatic heterocycles. The summed E-state index contributed by atoms with van der Waals surface area (Å²) in [5.74, 6) is -0.572. The number of carboxylic acids is 1. The van der Waals surface area contributed by atoms with Crippen molar-refractivity contribution in [3.63, 3.8) is 0 Å². The van der Waals surface area contributed by atoms with Gasteiger partial charge in [-0.2, -0.15) is 0 Å². The summed E-state index contributed by atoms with van der Waals surface area (Å²) in [6.07, 6.45) is 0.350. The largest absolute Gasteiger partial charge is 0.493 e. The van der Waals surface area contributed by atoms with Gasteiger partial charge in [0.1, 0.15) is 5.75 Å². The highest BCUT2D eigenvalue weighted by atomic mass is 32.2. The number of aliphatic hydroxyl groups excluding tert-OH is 1. The molecule has 0 heterocycles. The Balaban J connectivity index is 2.70. The standard InChI is InChI=1S/C13H19NO6S/c1-2-10(9-15)14-21(18,19)12-5-3-11(4-6-12)20-8-7-13(16)17/h3-6,10,14-15H,2,7-9H2,1H3,(H,16,17). The summed E-state index contributed by atoms with van der Waals surface area (Å²) in [6, 6.07) is 5.11. The molecule has 3 N–H and O–H groups in total. The summed E-state index contributed by atoms with van der Waals surface area (Å²) < 4.78 is 31.6. The Kier molecular flexibility index (Phi) is 6.60. The second-order valence-corrected chi connectivity index (χ2v) is 6.09. The Morgan fingerprint density at radius 1 is 1.33 bits per heavy atom. The van der Waals surface area contributed by atoms with E-state index in [1.807, 2.05) is 0 Å². The third-order valence-corrected chi connectivity index (χ3v) is 4.29. The molecule has 0 amide bonds. The zero-order valence-electron chi connectivity index (χ0n) is 11.7. The number of carbonyl (C=O) groups is 1. The molecule has 1 atom stereocenters. The number of hydrogen-bond acceptors (Lipinski definition) is 5. The molecule has 0 saturated carbocycles. The van der Waals surface area contributed by atoms with Gasteiger partial charge in [0.2, 0.25) is 10.0 Å². The Morgan fingerprint density at radius 3 is 2.43 bits per heavy atom. The minimum atomic E-state index is -3.69. The molecule has 1 unspecified atom stereocenters. The van der Waals surface area contributed by atoms with Crippen LogP contribution in [0.2, 0.25) is 0 Å². The second-order valence-electron chi connectivity index (χ2n) is 4.37. The Hall–Kier alpha value is -1.64. The Bertz CT molecular complexity index is 551. The molecule has 0 fully saturated rings. The van der Waals surface area contributed by atoms with E-state index < -0.39 is 22.0 Å². The molecule has 1 aromatic carbocycles. The van der Waals surface area contributed by atoms with E-state index in [0.29, 0.717) is 12.2 Å². The minimum absolute atomic E-state index is 0.0160. The summed E-state index contributed by atoms with van der Waals surface area (Å²) in [7, 11) is -3.69. The van der Waals surface area contributed by atoms with Gasteiger partial charge in [0.15, 0.2) is 0 Å². The molecule has 8 heteroatoms. The molecule has 0 spiro atoms. The van der Waals surface area contributed by atoms with E-state index in [0.717, 1.165) is 0 Å². The van der Waals surface area contributed by atoms with Crippen molar-refractivity contribution in [3.8, 4) is 5.75 Å². The molecular weight excluding hydrogens is 298 g/mol. The number of rotatable bonds is 9. The van der Waals surface area contributed by atoms with Crippen molar-refractivity contribution in [2.24, 2.45) is 0 Å². The number of aliphatic carboxylic acids is 1. The van der Waals surface area contributed by atoms with E-state index in [4.69, 9.17) is 14.9 Å². The average molecular weight is 317 g/mol. The van der Waals surface area contributed by atoms with E-state index in [2.05, 4.69) is 4.72 Å². The fourth-order valence-corrected chi connectivity index (χ4v) is 2.82. The molecule has 118 valence electrons. The maximum Gasteiger partial charge on any atom is 0.306 e. The van der Waals surface area contributed by atoms with Gasteiger partial charge in [-0.3, -0.25) is 4.79 Å². The molecule has 0 radical (unpaired) electrons. The van der Waals surface area contributed by atoms with Gasteiger partial charge >= 0.3 is 5.97 Å². The van der Waals surface area contributed by atoms with Gasteiger partial charge in [-0.05, 0) is 30.7 Å². The Labute approximate surface area is 123 Å². The van der Waals surface area contributed by atoms with E-state index in [1.165, 1.54) is 24.3 Å². The van der Waals surface area contributed by atoms with Crippen molar-refractivity contribution in [2.45, 2.75) is 30.7 Å². The molecule has 7 nitrogen and oxygen atoms in total. The fraction of sp³-hybridized carbons (Fsp3) is 0.462. The van der Waals surface area contributed by atoms with Crippen LogP contribution in [0.25, 0.3) is 0 Å². The second kappa shape index (κ2) is 7.96. The van der Waals surface area contributed by atoms with Crippen molar-refractivity contribution in [1.82, 2.24) is 4.72 Å². The van der Waals surface area contributed by atoms with Gasteiger partial charge in [0, 0.05) is 6.04 Å². The van der Waals surface area contributed by atoms with Crippen molar-refractivity contribution >= 4 is 16.0 Å². The first-order valence-corrected chi connectivity index (χ1v) is 7.95. The van der Waals surface area contributed by atoms with Crippen LogP contribution in [0.1, 0.15) is 19.8 Å². The van der Waals surface area contributed by atoms with Gasteiger partial charge in [-0.25, -0.2) is 13.1 Å². The van der Waals surface area contributed by atoms with Crippen molar-refractivity contribution < 1.29 is 28.2 Å². The first kappa shape index (κ1) is 17.4. The van der Waals surface area contributed by atoms with Crippen molar-refractivity contribution in [1.29, 1.82) is 0 Å². The van der Waals surface area contributed by atoms with Crippen LogP contribution in [0.5, 0.6) is 5.75 Å². The third-order valence-electron chi connectivity index (χ3n) is 2.75. The zero-order chi connectivity index (χ0) is 15.9. The van der Waals surface area contributed by atoms with Gasteiger partial charge in [-0.1, -0.05) is 6.92 Å². The highest BCUT2D eigenvalue weighted by Gasteiger charge is 2.18. The summed E-state index contributed by atoms with van der Waals surface area (Å²) >= 11 is 0. The molecular formula is C13H19NO6S. The molecule has 1 rings (SSSR count). The maximum absolute atomic E-state index is 12.0. The van der Waals surface area contributed by atoms with Crippen LogP contribution in [-0.2, 0) is 14.8 Å². The van der Waals surface area contributed by atoms with Crippen LogP contribution in [0.4, 0.5) is 0 Å². The normalized spacial score (nSPS) is 12.9. The predicted octanol–water partition coefficient (Wildman–Crippen LogP) is 0.589. The molecule has 21 heavy (non-hydrogen) atoms. The topological polar surface area (TPSA) is 113 Å². The number of sulfonamides is 1. The lowest BCUT2D eigenvalue weighted by Gasteiger charge is -2.14. The van der Waals surface area contributed by atoms with Gasteiger partial charge in [-0.15, -0.1) is 0 Å². The van der Waals surface area contributed by atoms with Gasteiger partial charge in [0.05, 0.1) is 24.5 Å². The quantitative estimate of drug-likeness (QED) is 0.614. The number of nitrogens with one attached hydrogen (secondary N) is 1. The Morgan fingerprint density at radius 2 is 1.95 bits per heavy atom. The van der Waals surface area contributed by atoms with Crippen LogP contribution < -0.4 is 9.46 Å². The highest BCUT2D eigenvalue weighted by molar-refractivity contribution is 7.89. The third kappa shape index (κ3) is 5.70. The van der Waals surface area contributed by atoms with E-state index in [9.17, 15) is 13.2 Å². The van der Waals surface area contributed by atoms with Gasteiger partial charge in [0.25, 0.3) is 0 Å². The summed E-state index contributed by atoms with van der Waals surface area (Å²) in [6.45, 7) is 1.51. The smallest absolute Gasteiger partial charge is 0.306 e. The average Bonchev–Trinajstić information content (AvgIpc) is 2.45. The number of hydrogen-bond donors (Lipinski definition) is 3. The molecule has 0 aliphatic rings.